The van der Waals surface area contributed by atoms with E-state index in [-0.39, 0.29) is 24.9 Å². The molecule has 1 amide bonds. The molecule has 1 rings (SSSR count). The van der Waals surface area contributed by atoms with Crippen LogP contribution in [0.3, 0.4) is 0 Å². The molecule has 0 spiro atoms. The van der Waals surface area contributed by atoms with Gasteiger partial charge in [0, 0.05) is 12.5 Å². The van der Waals surface area contributed by atoms with Crippen LogP contribution in [0, 0.1) is 11.8 Å². The number of rotatable bonds is 11. The van der Waals surface area contributed by atoms with Crippen LogP contribution in [0.25, 0.3) is 0 Å². The summed E-state index contributed by atoms with van der Waals surface area (Å²) in [5, 5.41) is 33.4. The zero-order valence-electron chi connectivity index (χ0n) is 15.6. The van der Waals surface area contributed by atoms with Gasteiger partial charge in [0.15, 0.2) is 5.60 Å². The van der Waals surface area contributed by atoms with Crippen molar-refractivity contribution in [1.29, 1.82) is 0 Å². The molecule has 0 bridgehead atoms. The maximum absolute atomic E-state index is 11.4. The van der Waals surface area contributed by atoms with E-state index in [2.05, 4.69) is 19.2 Å². The number of carbonyl (C=O) groups is 1. The fourth-order valence-electron chi connectivity index (χ4n) is 3.45. The van der Waals surface area contributed by atoms with Crippen LogP contribution in [-0.4, -0.2) is 52.1 Å². The number of halogens is 1. The van der Waals surface area contributed by atoms with Crippen LogP contribution < -0.4 is 11.1 Å². The molecule has 0 unspecified atom stereocenters. The van der Waals surface area contributed by atoms with Crippen molar-refractivity contribution in [1.82, 2.24) is 5.32 Å². The third-order valence-corrected chi connectivity index (χ3v) is 5.17. The van der Waals surface area contributed by atoms with E-state index in [1.165, 1.54) is 19.3 Å². The molecule has 0 aliphatic heterocycles. The topological polar surface area (TPSA) is 116 Å². The van der Waals surface area contributed by atoms with Crippen LogP contribution in [0.15, 0.2) is 0 Å². The highest BCUT2D eigenvalue weighted by Gasteiger charge is 2.38. The maximum atomic E-state index is 11.4. The Balaban J connectivity index is 0.00000576. The second-order valence-electron chi connectivity index (χ2n) is 7.81. The average Bonchev–Trinajstić information content (AvgIpc) is 2.54. The Hall–Kier alpha value is -0.400. The first-order valence-electron chi connectivity index (χ1n) is 9.33. The van der Waals surface area contributed by atoms with E-state index in [4.69, 9.17) is 5.73 Å². The first-order valence-corrected chi connectivity index (χ1v) is 9.33. The van der Waals surface area contributed by atoms with Crippen LogP contribution in [0.1, 0.15) is 65.2 Å². The van der Waals surface area contributed by atoms with Crippen molar-refractivity contribution in [3.8, 4) is 0 Å². The van der Waals surface area contributed by atoms with Crippen molar-refractivity contribution in [2.24, 2.45) is 17.6 Å². The highest BCUT2D eigenvalue weighted by atomic mass is 35.5. The van der Waals surface area contributed by atoms with Crippen molar-refractivity contribution >= 4 is 18.3 Å². The Morgan fingerprint density at radius 1 is 1.28 bits per heavy atom. The normalized spacial score (nSPS) is 20.6. The first-order chi connectivity index (χ1) is 11.3. The lowest BCUT2D eigenvalue weighted by atomic mass is 9.82. The minimum atomic E-state index is -2.07. The third kappa shape index (κ3) is 8.69. The molecular weight excluding hydrogens is 344 g/mol. The molecule has 25 heavy (non-hydrogen) atoms. The summed E-state index contributed by atoms with van der Waals surface area (Å²) in [6.07, 6.45) is 6.69. The molecule has 1 aliphatic carbocycles. The lowest BCUT2D eigenvalue weighted by Gasteiger charge is -2.33. The highest BCUT2D eigenvalue weighted by Crippen LogP contribution is 2.29. The van der Waals surface area contributed by atoms with Gasteiger partial charge in [0.25, 0.3) is 5.91 Å². The third-order valence-electron chi connectivity index (χ3n) is 5.17. The van der Waals surface area contributed by atoms with Crippen LogP contribution in [0.2, 0.25) is 0 Å². The summed E-state index contributed by atoms with van der Waals surface area (Å²) in [4.78, 5) is 11.4. The van der Waals surface area contributed by atoms with Crippen molar-refractivity contribution in [3.63, 3.8) is 0 Å². The molecule has 6 N–H and O–H groups in total. The van der Waals surface area contributed by atoms with Gasteiger partial charge in [0.05, 0.1) is 12.7 Å². The summed E-state index contributed by atoms with van der Waals surface area (Å²) in [6, 6.07) is -0.204. The summed E-state index contributed by atoms with van der Waals surface area (Å²) < 4.78 is 0. The van der Waals surface area contributed by atoms with E-state index >= 15 is 0 Å². The number of hydrogen-bond donors (Lipinski definition) is 5. The van der Waals surface area contributed by atoms with Crippen LogP contribution in [-0.2, 0) is 4.79 Å². The van der Waals surface area contributed by atoms with Gasteiger partial charge in [-0.2, -0.15) is 0 Å². The molecule has 1 aliphatic rings. The Labute approximate surface area is 158 Å². The van der Waals surface area contributed by atoms with Crippen molar-refractivity contribution in [2.45, 2.75) is 83.0 Å². The molecule has 0 aromatic heterocycles. The molecule has 1 saturated carbocycles. The van der Waals surface area contributed by atoms with Crippen molar-refractivity contribution < 1.29 is 20.1 Å². The number of amides is 1. The fourth-order valence-corrected chi connectivity index (χ4v) is 3.45. The minimum absolute atomic E-state index is 0. The smallest absolute Gasteiger partial charge is 0.251 e. The van der Waals surface area contributed by atoms with Gasteiger partial charge in [-0.1, -0.05) is 46.0 Å². The molecule has 3 atom stereocenters. The molecule has 0 radical (unpaired) electrons. The number of nitrogens with one attached hydrogen (secondary N) is 1. The second kappa shape index (κ2) is 12.1. The molecule has 1 fully saturated rings. The van der Waals surface area contributed by atoms with E-state index in [1.807, 2.05) is 0 Å². The van der Waals surface area contributed by atoms with Gasteiger partial charge in [-0.05, 0) is 31.2 Å². The Morgan fingerprint density at radius 3 is 2.36 bits per heavy atom. The van der Waals surface area contributed by atoms with Crippen LogP contribution >= 0.6 is 12.4 Å². The van der Waals surface area contributed by atoms with E-state index in [1.54, 1.807) is 0 Å². The largest absolute Gasteiger partial charge is 0.393 e. The lowest BCUT2D eigenvalue weighted by molar-refractivity contribution is -0.145. The molecule has 0 heterocycles. The standard InChI is InChI=1S/C18H36N2O4.ClH/c1-13(2)8-9-20-15(10-14-6-4-3-5-7-14)16(22)11-18(24,12-21)17(19)23;/h13-16,20-22,24H,3-12H2,1-2H3,(H2,19,23);1H/t15-,16-,18-;/m0./s1. The summed E-state index contributed by atoms with van der Waals surface area (Å²) in [5.74, 6) is 0.119. The van der Waals surface area contributed by atoms with Gasteiger partial charge in [-0.25, -0.2) is 0 Å². The molecule has 0 aromatic carbocycles. The van der Waals surface area contributed by atoms with Gasteiger partial charge in [-0.15, -0.1) is 12.4 Å². The Kier molecular flexibility index (Phi) is 11.9. The Bertz CT molecular complexity index is 378. The molecular formula is C18H37ClN2O4. The highest BCUT2D eigenvalue weighted by molar-refractivity contribution is 5.85. The quantitative estimate of drug-likeness (QED) is 0.371. The van der Waals surface area contributed by atoms with Gasteiger partial charge in [0.2, 0.25) is 0 Å². The van der Waals surface area contributed by atoms with Gasteiger partial charge >= 0.3 is 0 Å². The maximum Gasteiger partial charge on any atom is 0.251 e. The van der Waals surface area contributed by atoms with Gasteiger partial charge in [-0.3, -0.25) is 4.79 Å². The summed E-state index contributed by atoms with van der Waals surface area (Å²) in [7, 11) is 0. The molecule has 0 aromatic rings. The monoisotopic (exact) mass is 380 g/mol. The van der Waals surface area contributed by atoms with E-state index < -0.39 is 24.2 Å². The number of aliphatic hydroxyl groups is 3. The summed E-state index contributed by atoms with van der Waals surface area (Å²) >= 11 is 0. The molecule has 150 valence electrons. The first kappa shape index (κ1) is 24.6. The number of carbonyl (C=O) groups excluding carboxylic acids is 1. The van der Waals surface area contributed by atoms with E-state index in [9.17, 15) is 20.1 Å². The average molecular weight is 381 g/mol. The SMILES string of the molecule is CC(C)CCN[C@@H](CC1CCCCC1)[C@@H](O)C[C@](O)(CO)C(N)=O.Cl. The van der Waals surface area contributed by atoms with Crippen LogP contribution in [0.5, 0.6) is 0 Å². The summed E-state index contributed by atoms with van der Waals surface area (Å²) in [6.45, 7) is 4.29. The van der Waals surface area contributed by atoms with Crippen molar-refractivity contribution in [3.05, 3.63) is 0 Å². The number of aliphatic hydroxyl groups excluding tert-OH is 2. The zero-order chi connectivity index (χ0) is 18.2. The molecule has 6 nitrogen and oxygen atoms in total. The summed E-state index contributed by atoms with van der Waals surface area (Å²) in [5.41, 5.74) is 3.11. The lowest BCUT2D eigenvalue weighted by Crippen LogP contribution is -2.53. The molecule has 0 saturated heterocycles. The Morgan fingerprint density at radius 2 is 1.88 bits per heavy atom. The zero-order valence-corrected chi connectivity index (χ0v) is 16.4. The van der Waals surface area contributed by atoms with Gasteiger partial charge < -0.3 is 26.4 Å². The predicted octanol–water partition coefficient (Wildman–Crippen LogP) is 1.34. The predicted molar refractivity (Wildman–Crippen MR) is 102 cm³/mol. The number of primary amides is 1. The van der Waals surface area contributed by atoms with Gasteiger partial charge in [0.1, 0.15) is 0 Å². The number of nitrogens with two attached hydrogens (primary N) is 1. The minimum Gasteiger partial charge on any atom is -0.393 e. The van der Waals surface area contributed by atoms with Crippen LogP contribution in [0.4, 0.5) is 0 Å². The second-order valence-corrected chi connectivity index (χ2v) is 7.81. The van der Waals surface area contributed by atoms with E-state index in [0.29, 0.717) is 11.8 Å². The number of hydrogen-bond acceptors (Lipinski definition) is 5. The van der Waals surface area contributed by atoms with Crippen molar-refractivity contribution in [2.75, 3.05) is 13.2 Å². The fraction of sp³-hybridized carbons (Fsp3) is 0.944. The van der Waals surface area contributed by atoms with E-state index in [0.717, 1.165) is 32.2 Å². The molecule has 7 heteroatoms.